The van der Waals surface area contributed by atoms with Crippen LogP contribution in [0.2, 0.25) is 0 Å². The Morgan fingerprint density at radius 1 is 0.833 bits per heavy atom. The number of ketones is 1. The second kappa shape index (κ2) is 15.3. The number of rotatable bonds is 6. The fraction of sp³-hybridized carbons (Fsp3) is 0.372. The maximum atomic E-state index is 11.7. The van der Waals surface area contributed by atoms with Gasteiger partial charge in [-0.1, -0.05) is 117 Å². The molecule has 1 radical (unpaired) electrons. The van der Waals surface area contributed by atoms with E-state index in [1.807, 2.05) is 60.6 Å². The van der Waals surface area contributed by atoms with Gasteiger partial charge in [0.1, 0.15) is 11.6 Å². The van der Waals surface area contributed by atoms with Crippen molar-refractivity contribution in [2.75, 3.05) is 0 Å². The quantitative estimate of drug-likeness (QED) is 0.0802. The van der Waals surface area contributed by atoms with Crippen LogP contribution in [0.1, 0.15) is 92.1 Å². The predicted molar refractivity (Wildman–Crippen MR) is 199 cm³/mol. The zero-order valence-corrected chi connectivity index (χ0v) is 32.9. The van der Waals surface area contributed by atoms with E-state index in [-0.39, 0.29) is 42.5 Å². The number of hydrogen-bond donors (Lipinski definition) is 1. The normalized spacial score (nSPS) is 12.4. The summed E-state index contributed by atoms with van der Waals surface area (Å²) >= 11 is 0. The molecule has 0 aliphatic heterocycles. The predicted octanol–water partition coefficient (Wildman–Crippen LogP) is 11.7. The van der Waals surface area contributed by atoms with E-state index >= 15 is 0 Å². The summed E-state index contributed by atoms with van der Waals surface area (Å²) in [6.45, 7) is 22.5. The molecule has 4 aromatic carbocycles. The average molecular weight is 820 g/mol. The van der Waals surface area contributed by atoms with Gasteiger partial charge in [-0.05, 0) is 65.3 Å². The Morgan fingerprint density at radius 2 is 1.48 bits per heavy atom. The first kappa shape index (κ1) is 38.8. The molecule has 5 heteroatoms. The van der Waals surface area contributed by atoms with Crippen molar-refractivity contribution in [3.63, 3.8) is 0 Å². The van der Waals surface area contributed by atoms with Gasteiger partial charge in [0.2, 0.25) is 0 Å². The number of allylic oxidation sites excluding steroid dienone is 2. The summed E-state index contributed by atoms with van der Waals surface area (Å²) in [6, 6.07) is 29.1. The minimum atomic E-state index is -0.420. The monoisotopic (exact) mass is 820 g/mol. The molecule has 255 valence electrons. The first-order valence-corrected chi connectivity index (χ1v) is 16.7. The van der Waals surface area contributed by atoms with Crippen LogP contribution in [0.5, 0.6) is 0 Å². The van der Waals surface area contributed by atoms with E-state index in [4.69, 9.17) is 9.97 Å². The molecule has 0 aliphatic carbocycles. The summed E-state index contributed by atoms with van der Waals surface area (Å²) in [5.41, 5.74) is 7.31. The molecule has 48 heavy (non-hydrogen) atoms. The summed E-state index contributed by atoms with van der Waals surface area (Å²) in [5, 5.41) is 13.4. The van der Waals surface area contributed by atoms with Crippen LogP contribution in [0.3, 0.4) is 0 Å². The van der Waals surface area contributed by atoms with Gasteiger partial charge in [0.05, 0.1) is 5.52 Å². The molecular formula is C43H51IrN2O2-. The SMILES string of the molecule is CCC(C)(CC)/C(O)=C/C(=O)C(C)(C)C.Cc1nc(-c2[c-]ccc(-c3ccccc3)c2)c2ccc3cc(C(C)(C)C)cc(C)c3c2n1.[Ir]. The minimum absolute atomic E-state index is 0. The number of aliphatic hydroxyl groups excluding tert-OH is 1. The Hall–Kier alpha value is -3.66. The molecule has 0 saturated heterocycles. The molecule has 0 fully saturated rings. The topological polar surface area (TPSA) is 63.1 Å². The number of aliphatic hydroxyl groups is 1. The number of benzene rings is 4. The standard InChI is InChI=1S/C30H27N2.C13H24O2.Ir/c1-19-16-25(30(3,4)5)18-23-14-15-26-28(31-20(2)32-29(26)27(19)23)24-13-9-12-22(17-24)21-10-7-6-8-11-21;1-7-13(6,8-2)11(15)9-10(14)12(3,4)5;/h6-12,14-18H,1-5H3;9,15H,7-8H2,1-6H3;/q-1;;/b;11-9-;. The van der Waals surface area contributed by atoms with Crippen molar-refractivity contribution >= 4 is 27.5 Å². The van der Waals surface area contributed by atoms with Crippen molar-refractivity contribution in [1.82, 2.24) is 9.97 Å². The zero-order chi connectivity index (χ0) is 34.7. The van der Waals surface area contributed by atoms with Gasteiger partial charge < -0.3 is 5.11 Å². The number of aromatic nitrogens is 2. The van der Waals surface area contributed by atoms with Crippen LogP contribution in [0.4, 0.5) is 0 Å². The summed E-state index contributed by atoms with van der Waals surface area (Å²) in [4.78, 5) is 21.5. The molecule has 0 atom stereocenters. The molecule has 0 bridgehead atoms. The van der Waals surface area contributed by atoms with Crippen LogP contribution in [0.15, 0.2) is 84.6 Å². The molecule has 1 N–H and O–H groups in total. The van der Waals surface area contributed by atoms with Crippen molar-refractivity contribution in [1.29, 1.82) is 0 Å². The van der Waals surface area contributed by atoms with E-state index in [1.165, 1.54) is 33.5 Å². The van der Waals surface area contributed by atoms with Crippen LogP contribution in [-0.2, 0) is 30.3 Å². The Balaban J connectivity index is 0.000000334. The van der Waals surface area contributed by atoms with Crippen molar-refractivity contribution in [2.45, 2.75) is 94.4 Å². The van der Waals surface area contributed by atoms with Crippen LogP contribution in [0, 0.1) is 30.7 Å². The van der Waals surface area contributed by atoms with E-state index in [1.54, 1.807) is 0 Å². The van der Waals surface area contributed by atoms with Crippen molar-refractivity contribution in [3.05, 3.63) is 108 Å². The van der Waals surface area contributed by atoms with Gasteiger partial charge in [-0.25, -0.2) is 4.98 Å². The number of fused-ring (bicyclic) bond motifs is 3. The van der Waals surface area contributed by atoms with E-state index in [0.29, 0.717) is 0 Å². The molecule has 4 nitrogen and oxygen atoms in total. The molecule has 1 heterocycles. The van der Waals surface area contributed by atoms with Crippen LogP contribution in [0.25, 0.3) is 44.1 Å². The third-order valence-corrected chi connectivity index (χ3v) is 9.31. The molecule has 0 unspecified atom stereocenters. The molecule has 1 aromatic heterocycles. The Morgan fingerprint density at radius 3 is 2.06 bits per heavy atom. The van der Waals surface area contributed by atoms with Gasteiger partial charge in [-0.2, -0.15) is 0 Å². The maximum Gasteiger partial charge on any atom is 0.164 e. The molecular weight excluding hydrogens is 769 g/mol. The first-order chi connectivity index (χ1) is 22.0. The maximum absolute atomic E-state index is 11.7. The number of hydrogen-bond acceptors (Lipinski definition) is 4. The van der Waals surface area contributed by atoms with Crippen molar-refractivity contribution in [3.8, 4) is 22.4 Å². The summed E-state index contributed by atoms with van der Waals surface area (Å²) in [6.07, 6.45) is 3.07. The number of nitrogens with zero attached hydrogens (tertiary/aromatic N) is 2. The third-order valence-electron chi connectivity index (χ3n) is 9.31. The third kappa shape index (κ3) is 8.67. The second-order valence-electron chi connectivity index (χ2n) is 15.0. The van der Waals surface area contributed by atoms with E-state index in [2.05, 4.69) is 94.4 Å². The molecule has 0 spiro atoms. The summed E-state index contributed by atoms with van der Waals surface area (Å²) < 4.78 is 0. The largest absolute Gasteiger partial charge is 0.512 e. The van der Waals surface area contributed by atoms with E-state index in [9.17, 15) is 9.90 Å². The summed E-state index contributed by atoms with van der Waals surface area (Å²) in [7, 11) is 0. The number of carbonyl (C=O) groups excluding carboxylic acids is 1. The van der Waals surface area contributed by atoms with Gasteiger partial charge >= 0.3 is 0 Å². The van der Waals surface area contributed by atoms with Gasteiger partial charge in [-0.15, -0.1) is 35.4 Å². The fourth-order valence-electron chi connectivity index (χ4n) is 5.55. The van der Waals surface area contributed by atoms with Gasteiger partial charge in [0.15, 0.2) is 5.78 Å². The number of aryl methyl sites for hydroxylation is 2. The van der Waals surface area contributed by atoms with E-state index < -0.39 is 5.41 Å². The number of carbonyl (C=O) groups is 1. The van der Waals surface area contributed by atoms with Gasteiger partial charge in [0.25, 0.3) is 0 Å². The molecule has 5 aromatic rings. The molecule has 0 saturated carbocycles. The van der Waals surface area contributed by atoms with Crippen molar-refractivity contribution < 1.29 is 30.0 Å². The molecule has 5 rings (SSSR count). The Kier molecular flexibility index (Phi) is 12.3. The fourth-order valence-corrected chi connectivity index (χ4v) is 5.55. The van der Waals surface area contributed by atoms with Crippen LogP contribution < -0.4 is 0 Å². The Labute approximate surface area is 301 Å². The zero-order valence-electron chi connectivity index (χ0n) is 30.5. The summed E-state index contributed by atoms with van der Waals surface area (Å²) in [5.74, 6) is 0.971. The van der Waals surface area contributed by atoms with Crippen LogP contribution in [-0.4, -0.2) is 20.9 Å². The Bertz CT molecular complexity index is 1930. The first-order valence-electron chi connectivity index (χ1n) is 16.7. The second-order valence-corrected chi connectivity index (χ2v) is 15.0. The van der Waals surface area contributed by atoms with Gasteiger partial charge in [-0.3, -0.25) is 9.78 Å². The molecule has 0 aliphatic rings. The molecule has 0 amide bonds. The van der Waals surface area contributed by atoms with Gasteiger partial charge in [0, 0.05) is 42.4 Å². The smallest absolute Gasteiger partial charge is 0.164 e. The minimum Gasteiger partial charge on any atom is -0.512 e. The average Bonchev–Trinajstić information content (AvgIpc) is 3.03. The van der Waals surface area contributed by atoms with Crippen molar-refractivity contribution in [2.24, 2.45) is 10.8 Å². The van der Waals surface area contributed by atoms with Crippen LogP contribution >= 0.6 is 0 Å². The van der Waals surface area contributed by atoms with E-state index in [0.717, 1.165) is 46.4 Å².